The van der Waals surface area contributed by atoms with Crippen LogP contribution in [0.5, 0.6) is 0 Å². The minimum Gasteiger partial charge on any atom is -0.481 e. The van der Waals surface area contributed by atoms with Gasteiger partial charge >= 0.3 is 11.9 Å². The Kier molecular flexibility index (Phi) is 2.04. The van der Waals surface area contributed by atoms with Gasteiger partial charge in [0.2, 0.25) is 0 Å². The molecule has 0 saturated carbocycles. The predicted octanol–water partition coefficient (Wildman–Crippen LogP) is 1.34. The molecule has 0 saturated heterocycles. The largest absolute Gasteiger partial charge is 0.481 e. The lowest BCUT2D eigenvalue weighted by atomic mass is 9.96. The number of hydrogen-bond acceptors (Lipinski definition) is 2. The van der Waals surface area contributed by atoms with E-state index in [1.807, 2.05) is 0 Å². The molecule has 0 radical (unpaired) electrons. The zero-order valence-electron chi connectivity index (χ0n) is 7.68. The highest BCUT2D eigenvalue weighted by molar-refractivity contribution is 6.04. The first-order valence-electron chi connectivity index (χ1n) is 4.38. The Morgan fingerprint density at radius 2 is 1.80 bits per heavy atom. The van der Waals surface area contributed by atoms with Crippen molar-refractivity contribution in [1.29, 1.82) is 0 Å². The van der Waals surface area contributed by atoms with Crippen LogP contribution in [0.15, 0.2) is 29.8 Å². The lowest BCUT2D eigenvalue weighted by molar-refractivity contribution is -0.141. The van der Waals surface area contributed by atoms with Crippen molar-refractivity contribution >= 4 is 18.0 Å². The molecule has 0 aromatic heterocycles. The molecule has 0 amide bonds. The normalized spacial score (nSPS) is 18.1. The lowest BCUT2D eigenvalue weighted by Crippen LogP contribution is -2.16. The van der Waals surface area contributed by atoms with Gasteiger partial charge < -0.3 is 10.2 Å². The summed E-state index contributed by atoms with van der Waals surface area (Å²) in [6.45, 7) is 0. The van der Waals surface area contributed by atoms with E-state index in [0.717, 1.165) is 0 Å². The van der Waals surface area contributed by atoms with Crippen molar-refractivity contribution in [1.82, 2.24) is 0 Å². The van der Waals surface area contributed by atoms with Gasteiger partial charge in [0.1, 0.15) is 5.92 Å². The van der Waals surface area contributed by atoms with E-state index in [0.29, 0.717) is 11.1 Å². The molecule has 1 aromatic rings. The minimum absolute atomic E-state index is 0.0799. The van der Waals surface area contributed by atoms with Crippen LogP contribution < -0.4 is 0 Å². The highest BCUT2D eigenvalue weighted by Gasteiger charge is 2.34. The van der Waals surface area contributed by atoms with Crippen molar-refractivity contribution in [2.45, 2.75) is 5.92 Å². The third-order valence-corrected chi connectivity index (χ3v) is 2.42. The third-order valence-electron chi connectivity index (χ3n) is 2.42. The van der Waals surface area contributed by atoms with Crippen molar-refractivity contribution in [3.05, 3.63) is 41.0 Å². The number of carboxylic acid groups (broad SMARTS) is 2. The quantitative estimate of drug-likeness (QED) is 0.762. The lowest BCUT2D eigenvalue weighted by Gasteiger charge is -2.08. The van der Waals surface area contributed by atoms with Gasteiger partial charge in [0, 0.05) is 0 Å². The number of hydrogen-bond donors (Lipinski definition) is 2. The second-order valence-electron chi connectivity index (χ2n) is 3.30. The van der Waals surface area contributed by atoms with Crippen molar-refractivity contribution in [2.24, 2.45) is 0 Å². The summed E-state index contributed by atoms with van der Waals surface area (Å²) in [5.41, 5.74) is 1.13. The molecule has 1 atom stereocenters. The Hall–Kier alpha value is -2.10. The topological polar surface area (TPSA) is 74.6 Å². The summed E-state index contributed by atoms with van der Waals surface area (Å²) in [4.78, 5) is 21.8. The fourth-order valence-electron chi connectivity index (χ4n) is 1.77. The smallest absolute Gasteiger partial charge is 0.332 e. The van der Waals surface area contributed by atoms with Crippen molar-refractivity contribution in [3.8, 4) is 0 Å². The number of benzene rings is 1. The van der Waals surface area contributed by atoms with Crippen LogP contribution in [0.1, 0.15) is 17.0 Å². The molecular formula is C11H8O4. The van der Waals surface area contributed by atoms with Crippen molar-refractivity contribution in [2.75, 3.05) is 0 Å². The molecule has 2 N–H and O–H groups in total. The molecule has 1 unspecified atom stereocenters. The molecule has 0 spiro atoms. The van der Waals surface area contributed by atoms with Gasteiger partial charge in [-0.2, -0.15) is 0 Å². The first kappa shape index (κ1) is 9.45. The van der Waals surface area contributed by atoms with Crippen molar-refractivity contribution < 1.29 is 19.8 Å². The van der Waals surface area contributed by atoms with E-state index in [4.69, 9.17) is 10.2 Å². The van der Waals surface area contributed by atoms with Gasteiger partial charge in [0.15, 0.2) is 0 Å². The van der Waals surface area contributed by atoms with Crippen LogP contribution in [0.4, 0.5) is 0 Å². The molecule has 1 aliphatic carbocycles. The number of rotatable bonds is 2. The van der Waals surface area contributed by atoms with Gasteiger partial charge in [-0.1, -0.05) is 24.3 Å². The number of aliphatic carboxylic acids is 2. The molecule has 2 rings (SSSR count). The maximum atomic E-state index is 11.0. The summed E-state index contributed by atoms with van der Waals surface area (Å²) < 4.78 is 0. The Morgan fingerprint density at radius 3 is 2.40 bits per heavy atom. The highest BCUT2D eigenvalue weighted by atomic mass is 16.4. The zero-order chi connectivity index (χ0) is 11.0. The van der Waals surface area contributed by atoms with Crippen molar-refractivity contribution in [3.63, 3.8) is 0 Å². The number of fused-ring (bicyclic) bond motifs is 1. The van der Waals surface area contributed by atoms with E-state index >= 15 is 0 Å². The highest BCUT2D eigenvalue weighted by Crippen LogP contribution is 2.36. The van der Waals surface area contributed by atoms with Crippen LogP contribution in [-0.2, 0) is 9.59 Å². The van der Waals surface area contributed by atoms with E-state index in [1.54, 1.807) is 24.3 Å². The molecule has 1 aromatic carbocycles. The Balaban J connectivity index is 2.56. The van der Waals surface area contributed by atoms with Gasteiger partial charge in [0.05, 0.1) is 5.57 Å². The molecule has 0 heterocycles. The first-order chi connectivity index (χ1) is 7.11. The average Bonchev–Trinajstić information content (AvgIpc) is 2.56. The van der Waals surface area contributed by atoms with Crippen LogP contribution in [0.25, 0.3) is 6.08 Å². The Morgan fingerprint density at radius 1 is 1.13 bits per heavy atom. The fraction of sp³-hybridized carbons (Fsp3) is 0.0909. The van der Waals surface area contributed by atoms with Gasteiger partial charge in [-0.25, -0.2) is 4.79 Å². The van der Waals surface area contributed by atoms with Gasteiger partial charge in [-0.05, 0) is 17.2 Å². The maximum absolute atomic E-state index is 11.0. The maximum Gasteiger partial charge on any atom is 0.332 e. The minimum atomic E-state index is -1.18. The summed E-state index contributed by atoms with van der Waals surface area (Å²) in [6, 6.07) is 6.80. The molecule has 0 aliphatic heterocycles. The van der Waals surface area contributed by atoms with Gasteiger partial charge in [-0.3, -0.25) is 4.79 Å². The van der Waals surface area contributed by atoms with E-state index in [2.05, 4.69) is 0 Å². The molecule has 0 fully saturated rings. The summed E-state index contributed by atoms with van der Waals surface area (Å²) in [5.74, 6) is -3.36. The third kappa shape index (κ3) is 1.40. The standard InChI is InChI=1S/C11H8O4/c12-10(13)8-5-6-3-1-2-4-7(6)9(8)11(14)15/h1-5,9H,(H,12,13)(H,14,15). The molecule has 4 nitrogen and oxygen atoms in total. The summed E-state index contributed by atoms with van der Waals surface area (Å²) >= 11 is 0. The van der Waals surface area contributed by atoms with Gasteiger partial charge in [-0.15, -0.1) is 0 Å². The van der Waals surface area contributed by atoms with Gasteiger partial charge in [0.25, 0.3) is 0 Å². The molecule has 76 valence electrons. The molecule has 4 heteroatoms. The number of carboxylic acids is 2. The summed E-state index contributed by atoms with van der Waals surface area (Å²) in [7, 11) is 0. The summed E-state index contributed by atoms with van der Waals surface area (Å²) in [6.07, 6.45) is 1.41. The zero-order valence-corrected chi connectivity index (χ0v) is 7.68. The Labute approximate surface area is 85.5 Å². The molecular weight excluding hydrogens is 196 g/mol. The molecule has 1 aliphatic rings. The van der Waals surface area contributed by atoms with Crippen LogP contribution in [-0.4, -0.2) is 22.2 Å². The van der Waals surface area contributed by atoms with Crippen LogP contribution >= 0.6 is 0 Å². The predicted molar refractivity (Wildman–Crippen MR) is 52.4 cm³/mol. The number of carbonyl (C=O) groups is 2. The SMILES string of the molecule is O=C(O)C1=Cc2ccccc2C1C(=O)O. The monoisotopic (exact) mass is 204 g/mol. The molecule has 0 bridgehead atoms. The second kappa shape index (κ2) is 3.24. The van der Waals surface area contributed by atoms with E-state index in [-0.39, 0.29) is 5.57 Å². The van der Waals surface area contributed by atoms with Crippen LogP contribution in [0.2, 0.25) is 0 Å². The fourth-order valence-corrected chi connectivity index (χ4v) is 1.77. The van der Waals surface area contributed by atoms with E-state index in [1.165, 1.54) is 6.08 Å². The van der Waals surface area contributed by atoms with E-state index < -0.39 is 17.9 Å². The second-order valence-corrected chi connectivity index (χ2v) is 3.30. The van der Waals surface area contributed by atoms with E-state index in [9.17, 15) is 9.59 Å². The summed E-state index contributed by atoms with van der Waals surface area (Å²) in [5, 5.41) is 17.8. The Bertz CT molecular complexity index is 473. The average molecular weight is 204 g/mol. The van der Waals surface area contributed by atoms with Crippen LogP contribution in [0.3, 0.4) is 0 Å². The first-order valence-corrected chi connectivity index (χ1v) is 4.38. The molecule has 15 heavy (non-hydrogen) atoms. The van der Waals surface area contributed by atoms with Crippen LogP contribution in [0, 0.1) is 0 Å².